The van der Waals surface area contributed by atoms with Crippen molar-refractivity contribution in [2.45, 2.75) is 66.2 Å². The molecule has 3 aromatic carbocycles. The number of benzene rings is 3. The van der Waals surface area contributed by atoms with Crippen molar-refractivity contribution in [3.63, 3.8) is 0 Å². The molecular weight excluding hydrogens is 428 g/mol. The van der Waals surface area contributed by atoms with Gasteiger partial charge in [-0.1, -0.05) is 90.1 Å². The van der Waals surface area contributed by atoms with Gasteiger partial charge in [-0.05, 0) is 46.9 Å². The molecule has 3 rings (SSSR count). The van der Waals surface area contributed by atoms with E-state index in [1.165, 1.54) is 29.3 Å². The average molecular weight is 465 g/mol. The van der Waals surface area contributed by atoms with E-state index in [1.54, 1.807) is 24.3 Å². The zero-order chi connectivity index (χ0) is 25.8. The molecule has 0 amide bonds. The van der Waals surface area contributed by atoms with E-state index >= 15 is 0 Å². The van der Waals surface area contributed by atoms with Crippen LogP contribution < -0.4 is 0 Å². The Labute approximate surface area is 203 Å². The zero-order valence-corrected chi connectivity index (χ0v) is 21.2. The quantitative estimate of drug-likeness (QED) is 0.279. The van der Waals surface area contributed by atoms with Crippen molar-refractivity contribution in [3.8, 4) is 0 Å². The molecule has 0 atom stereocenters. The molecule has 0 bridgehead atoms. The lowest BCUT2D eigenvalue weighted by Crippen LogP contribution is -1.91. The first-order valence-electron chi connectivity index (χ1n) is 11.5. The number of nitro groups is 2. The van der Waals surface area contributed by atoms with Gasteiger partial charge in [0.25, 0.3) is 11.4 Å². The van der Waals surface area contributed by atoms with E-state index in [4.69, 9.17) is 0 Å². The smallest absolute Gasteiger partial charge is 0.258 e. The van der Waals surface area contributed by atoms with Crippen LogP contribution in [0.2, 0.25) is 0 Å². The van der Waals surface area contributed by atoms with Gasteiger partial charge < -0.3 is 0 Å². The summed E-state index contributed by atoms with van der Waals surface area (Å²) in [6.07, 6.45) is 0. The molecule has 0 aliphatic rings. The fourth-order valence-corrected chi connectivity index (χ4v) is 3.21. The van der Waals surface area contributed by atoms with Crippen molar-refractivity contribution in [3.05, 3.63) is 115 Å². The molecular formula is C28H36N2O4. The van der Waals surface area contributed by atoms with Gasteiger partial charge in [0.1, 0.15) is 0 Å². The van der Waals surface area contributed by atoms with Crippen molar-refractivity contribution in [2.24, 2.45) is 0 Å². The van der Waals surface area contributed by atoms with Crippen molar-refractivity contribution < 1.29 is 9.85 Å². The summed E-state index contributed by atoms with van der Waals surface area (Å²) in [5.41, 5.74) is 5.31. The first-order valence-corrected chi connectivity index (χ1v) is 11.5. The van der Waals surface area contributed by atoms with Crippen LogP contribution in [-0.4, -0.2) is 9.85 Å². The summed E-state index contributed by atoms with van der Waals surface area (Å²) in [7, 11) is 0. The Balaban J connectivity index is 0.000000256. The van der Waals surface area contributed by atoms with E-state index < -0.39 is 0 Å². The standard InChI is InChI=1S/C10H14.2C9H11NO2/c1-8(2)10-7-5-4-6-9(10)3;1-7(2)8-3-5-9(6-4-8)10(11)12;1-7(2)8-4-3-5-9(6-8)10(11)12/h4-8H,1-3H3;2*3-7H,1-2H3. The molecule has 0 N–H and O–H groups in total. The summed E-state index contributed by atoms with van der Waals surface area (Å²) in [5, 5.41) is 20.7. The first kappa shape index (κ1) is 28.5. The van der Waals surface area contributed by atoms with Crippen LogP contribution in [-0.2, 0) is 0 Å². The second kappa shape index (κ2) is 13.9. The predicted octanol–water partition coefficient (Wildman–Crippen LogP) is 8.55. The lowest BCUT2D eigenvalue weighted by atomic mass is 9.99. The maximum atomic E-state index is 10.4. The normalized spacial score (nSPS) is 10.3. The number of aryl methyl sites for hydroxylation is 1. The molecule has 182 valence electrons. The molecule has 6 heteroatoms. The average Bonchev–Trinajstić information content (AvgIpc) is 2.80. The highest BCUT2D eigenvalue weighted by molar-refractivity contribution is 5.35. The maximum absolute atomic E-state index is 10.4. The topological polar surface area (TPSA) is 86.3 Å². The third-order valence-corrected chi connectivity index (χ3v) is 5.33. The molecule has 0 saturated carbocycles. The van der Waals surface area contributed by atoms with Gasteiger partial charge in [-0.25, -0.2) is 0 Å². The Hall–Kier alpha value is -3.54. The highest BCUT2D eigenvalue weighted by Gasteiger charge is 2.07. The summed E-state index contributed by atoms with van der Waals surface area (Å²) in [6.45, 7) is 14.8. The summed E-state index contributed by atoms with van der Waals surface area (Å²) in [4.78, 5) is 19.9. The van der Waals surface area contributed by atoms with Crippen LogP contribution >= 0.6 is 0 Å². The van der Waals surface area contributed by atoms with Crippen LogP contribution in [0.4, 0.5) is 11.4 Å². The van der Waals surface area contributed by atoms with Gasteiger partial charge in [0.2, 0.25) is 0 Å². The number of hydrogen-bond donors (Lipinski definition) is 0. The Bertz CT molecular complexity index is 1060. The third-order valence-electron chi connectivity index (χ3n) is 5.33. The van der Waals surface area contributed by atoms with Gasteiger partial charge in [-0.2, -0.15) is 0 Å². The van der Waals surface area contributed by atoms with Crippen molar-refractivity contribution in [1.29, 1.82) is 0 Å². The molecule has 0 aromatic heterocycles. The van der Waals surface area contributed by atoms with E-state index in [0.717, 1.165) is 11.1 Å². The highest BCUT2D eigenvalue weighted by atomic mass is 16.6. The Morgan fingerprint density at radius 2 is 1.12 bits per heavy atom. The maximum Gasteiger partial charge on any atom is 0.269 e. The molecule has 34 heavy (non-hydrogen) atoms. The molecule has 3 aromatic rings. The third kappa shape index (κ3) is 9.53. The molecule has 6 nitrogen and oxygen atoms in total. The minimum atomic E-state index is -0.385. The number of rotatable bonds is 5. The molecule has 0 fully saturated rings. The molecule has 0 aliphatic carbocycles. The van der Waals surface area contributed by atoms with Crippen LogP contribution in [0.3, 0.4) is 0 Å². The summed E-state index contributed by atoms with van der Waals surface area (Å²) >= 11 is 0. The summed E-state index contributed by atoms with van der Waals surface area (Å²) in [5.74, 6) is 1.41. The number of nitro benzene ring substituents is 2. The second-order valence-electron chi connectivity index (χ2n) is 9.02. The SMILES string of the molecule is CC(C)c1ccc([N+](=O)[O-])cc1.CC(C)c1cccc([N+](=O)[O-])c1.Cc1ccccc1C(C)C. The van der Waals surface area contributed by atoms with E-state index in [1.807, 2.05) is 19.9 Å². The van der Waals surface area contributed by atoms with Crippen LogP contribution in [0.15, 0.2) is 72.8 Å². The van der Waals surface area contributed by atoms with Gasteiger partial charge in [0.15, 0.2) is 0 Å². The summed E-state index contributed by atoms with van der Waals surface area (Å²) in [6, 6.07) is 21.9. The fourth-order valence-electron chi connectivity index (χ4n) is 3.21. The molecule has 0 spiro atoms. The van der Waals surface area contributed by atoms with E-state index in [-0.39, 0.29) is 21.2 Å². The second-order valence-corrected chi connectivity index (χ2v) is 9.02. The Morgan fingerprint density at radius 3 is 1.53 bits per heavy atom. The number of non-ortho nitro benzene ring substituents is 2. The van der Waals surface area contributed by atoms with Crippen molar-refractivity contribution in [1.82, 2.24) is 0 Å². The molecule has 0 aliphatic heterocycles. The van der Waals surface area contributed by atoms with E-state index in [9.17, 15) is 20.2 Å². The number of nitrogens with zero attached hydrogens (tertiary/aromatic N) is 2. The van der Waals surface area contributed by atoms with Gasteiger partial charge in [-0.3, -0.25) is 20.2 Å². The van der Waals surface area contributed by atoms with Gasteiger partial charge in [0, 0.05) is 24.3 Å². The molecule has 0 heterocycles. The predicted molar refractivity (Wildman–Crippen MR) is 140 cm³/mol. The summed E-state index contributed by atoms with van der Waals surface area (Å²) < 4.78 is 0. The molecule has 0 radical (unpaired) electrons. The first-order chi connectivity index (χ1) is 15.9. The molecule has 0 unspecified atom stereocenters. The van der Waals surface area contributed by atoms with E-state index in [2.05, 4.69) is 58.9 Å². The Kier molecular flexibility index (Phi) is 11.6. The van der Waals surface area contributed by atoms with Gasteiger partial charge in [-0.15, -0.1) is 0 Å². The monoisotopic (exact) mass is 464 g/mol. The highest BCUT2D eigenvalue weighted by Crippen LogP contribution is 2.20. The fraction of sp³-hybridized carbons (Fsp3) is 0.357. The lowest BCUT2D eigenvalue weighted by Gasteiger charge is -2.07. The van der Waals surface area contributed by atoms with E-state index in [0.29, 0.717) is 17.8 Å². The molecule has 0 saturated heterocycles. The van der Waals surface area contributed by atoms with Crippen LogP contribution in [0.5, 0.6) is 0 Å². The van der Waals surface area contributed by atoms with Crippen molar-refractivity contribution >= 4 is 11.4 Å². The van der Waals surface area contributed by atoms with Crippen LogP contribution in [0.25, 0.3) is 0 Å². The van der Waals surface area contributed by atoms with Crippen molar-refractivity contribution in [2.75, 3.05) is 0 Å². The minimum absolute atomic E-state index is 0.152. The minimum Gasteiger partial charge on any atom is -0.258 e. The Morgan fingerprint density at radius 1 is 0.588 bits per heavy atom. The lowest BCUT2D eigenvalue weighted by molar-refractivity contribution is -0.385. The zero-order valence-electron chi connectivity index (χ0n) is 21.2. The van der Waals surface area contributed by atoms with Crippen LogP contribution in [0, 0.1) is 27.2 Å². The van der Waals surface area contributed by atoms with Gasteiger partial charge >= 0.3 is 0 Å². The number of hydrogen-bond acceptors (Lipinski definition) is 4. The van der Waals surface area contributed by atoms with Gasteiger partial charge in [0.05, 0.1) is 9.85 Å². The largest absolute Gasteiger partial charge is 0.269 e. The van der Waals surface area contributed by atoms with Crippen LogP contribution in [0.1, 0.15) is 81.5 Å².